The number of pyridine rings is 2. The summed E-state index contributed by atoms with van der Waals surface area (Å²) in [4.78, 5) is 4.84. The molecule has 0 aliphatic rings. The summed E-state index contributed by atoms with van der Waals surface area (Å²) in [5, 5.41) is 15.0. The van der Waals surface area contributed by atoms with Crippen molar-refractivity contribution in [2.45, 2.75) is 78.6 Å². The van der Waals surface area contributed by atoms with Gasteiger partial charge in [-0.05, 0) is 68.0 Å². The van der Waals surface area contributed by atoms with Crippen LogP contribution in [0.15, 0.2) is 109 Å². The van der Waals surface area contributed by atoms with Crippen molar-refractivity contribution in [1.82, 2.24) is 24.1 Å². The van der Waals surface area contributed by atoms with E-state index in [0.717, 1.165) is 66.3 Å². The fourth-order valence-electron chi connectivity index (χ4n) is 7.80. The van der Waals surface area contributed by atoms with Gasteiger partial charge in [0, 0.05) is 34.3 Å². The summed E-state index contributed by atoms with van der Waals surface area (Å²) < 4.78 is 11.0. The minimum absolute atomic E-state index is 0. The summed E-state index contributed by atoms with van der Waals surface area (Å²) >= 11 is 0. The van der Waals surface area contributed by atoms with Gasteiger partial charge < -0.3 is 13.7 Å². The van der Waals surface area contributed by atoms with Crippen molar-refractivity contribution in [3.8, 4) is 28.7 Å². The summed E-state index contributed by atoms with van der Waals surface area (Å²) in [5.74, 6) is 2.83. The first-order valence-electron chi connectivity index (χ1n) is 19.0. The molecular formula is C49H45N5OPt. The van der Waals surface area contributed by atoms with E-state index in [0.29, 0.717) is 11.5 Å². The third-order valence-electron chi connectivity index (χ3n) is 10.8. The SMILES string of the molecule is CC(C)(C)c1ccnc(-n2c3[c-]c(Oc4[c-]c5c(cc4)c4ccccc4n4c(-c6ccc(C(C)(C)C)cc6C(C)(C)C)nnc54)ccc3c3ccccc32)c1.[Pt+2]. The van der Waals surface area contributed by atoms with Crippen molar-refractivity contribution in [3.63, 3.8) is 0 Å². The molecule has 282 valence electrons. The molecule has 0 bridgehead atoms. The van der Waals surface area contributed by atoms with Gasteiger partial charge in [0.1, 0.15) is 5.82 Å². The molecule has 9 rings (SSSR count). The van der Waals surface area contributed by atoms with Crippen molar-refractivity contribution >= 4 is 49.1 Å². The van der Waals surface area contributed by atoms with Gasteiger partial charge in [0.25, 0.3) is 0 Å². The van der Waals surface area contributed by atoms with Crippen LogP contribution in [0.25, 0.3) is 66.3 Å². The van der Waals surface area contributed by atoms with Crippen LogP contribution in [0.2, 0.25) is 0 Å². The molecule has 0 unspecified atom stereocenters. The normalized spacial score (nSPS) is 12.6. The van der Waals surface area contributed by atoms with Gasteiger partial charge in [-0.1, -0.05) is 139 Å². The zero-order valence-corrected chi connectivity index (χ0v) is 35.6. The van der Waals surface area contributed by atoms with Gasteiger partial charge in [0.15, 0.2) is 5.82 Å². The molecule has 56 heavy (non-hydrogen) atoms. The van der Waals surface area contributed by atoms with Gasteiger partial charge in [-0.25, -0.2) is 4.98 Å². The van der Waals surface area contributed by atoms with E-state index in [4.69, 9.17) is 19.9 Å². The van der Waals surface area contributed by atoms with Crippen LogP contribution in [0.5, 0.6) is 11.5 Å². The van der Waals surface area contributed by atoms with E-state index in [2.05, 4.69) is 174 Å². The maximum Gasteiger partial charge on any atom is 2.00 e. The Morgan fingerprint density at radius 1 is 0.571 bits per heavy atom. The molecule has 0 fully saturated rings. The summed E-state index contributed by atoms with van der Waals surface area (Å²) in [6.07, 6.45) is 1.89. The third kappa shape index (κ3) is 6.29. The van der Waals surface area contributed by atoms with Crippen LogP contribution < -0.4 is 4.74 Å². The Labute approximate surface area is 342 Å². The molecule has 4 heterocycles. The second-order valence-electron chi connectivity index (χ2n) is 17.8. The van der Waals surface area contributed by atoms with Crippen LogP contribution in [0, 0.1) is 12.1 Å². The number of hydrogen-bond acceptors (Lipinski definition) is 4. The number of hydrogen-bond donors (Lipinski definition) is 0. The smallest absolute Gasteiger partial charge is 0.503 e. The van der Waals surface area contributed by atoms with E-state index in [1.165, 1.54) is 16.7 Å². The molecule has 0 atom stereocenters. The monoisotopic (exact) mass is 914 g/mol. The summed E-state index contributed by atoms with van der Waals surface area (Å²) in [7, 11) is 0. The van der Waals surface area contributed by atoms with Gasteiger partial charge in [0.05, 0.1) is 5.65 Å². The molecule has 6 nitrogen and oxygen atoms in total. The van der Waals surface area contributed by atoms with Gasteiger partial charge in [-0.3, -0.25) is 0 Å². The largest absolute Gasteiger partial charge is 2.00 e. The topological polar surface area (TPSA) is 57.2 Å². The number of fused-ring (bicyclic) bond motifs is 9. The van der Waals surface area contributed by atoms with Crippen molar-refractivity contribution in [2.24, 2.45) is 0 Å². The number of aromatic nitrogens is 5. The number of para-hydroxylation sites is 2. The Morgan fingerprint density at radius 2 is 1.20 bits per heavy atom. The Balaban J connectivity index is 0.00000441. The van der Waals surface area contributed by atoms with E-state index < -0.39 is 0 Å². The van der Waals surface area contributed by atoms with E-state index >= 15 is 0 Å². The Hall–Kier alpha value is -5.32. The minimum atomic E-state index is -0.114. The van der Waals surface area contributed by atoms with Crippen molar-refractivity contribution in [3.05, 3.63) is 138 Å². The van der Waals surface area contributed by atoms with E-state index in [9.17, 15) is 0 Å². The average molecular weight is 915 g/mol. The summed E-state index contributed by atoms with van der Waals surface area (Å²) in [5.41, 5.74) is 8.47. The maximum atomic E-state index is 6.62. The Morgan fingerprint density at radius 3 is 1.89 bits per heavy atom. The molecule has 0 saturated heterocycles. The fourth-order valence-corrected chi connectivity index (χ4v) is 7.80. The first-order valence-corrected chi connectivity index (χ1v) is 19.0. The Bertz CT molecular complexity index is 2970. The predicted octanol–water partition coefficient (Wildman–Crippen LogP) is 12.5. The third-order valence-corrected chi connectivity index (χ3v) is 10.8. The van der Waals surface area contributed by atoms with Crippen LogP contribution in [0.4, 0.5) is 0 Å². The van der Waals surface area contributed by atoms with Crippen LogP contribution >= 0.6 is 0 Å². The standard InChI is InChI=1S/C49H45N5O.Pt/c1-47(2,3)30-18-21-38(40(26-30)49(7,8)9)45-51-52-46-39-28-32(19-22-34(39)35-14-10-13-17-42(35)54(45)46)55-33-20-23-37-36-15-11-12-16-41(36)53(43(37)29-33)44-27-31(24-25-50-44)48(4,5)6;/h10-27H,1-9H3;/q-2;+2. The minimum Gasteiger partial charge on any atom is -0.503 e. The van der Waals surface area contributed by atoms with Gasteiger partial charge >= 0.3 is 21.1 Å². The van der Waals surface area contributed by atoms with Crippen molar-refractivity contribution in [1.29, 1.82) is 0 Å². The van der Waals surface area contributed by atoms with Crippen LogP contribution in [-0.4, -0.2) is 24.1 Å². The van der Waals surface area contributed by atoms with Gasteiger partial charge in [-0.15, -0.1) is 34.8 Å². The number of nitrogens with zero attached hydrogens (tertiary/aromatic N) is 5. The van der Waals surface area contributed by atoms with Crippen LogP contribution in [-0.2, 0) is 37.3 Å². The second-order valence-corrected chi connectivity index (χ2v) is 17.8. The number of rotatable bonds is 4. The van der Waals surface area contributed by atoms with Crippen LogP contribution in [0.1, 0.15) is 79.0 Å². The molecular weight excluding hydrogens is 870 g/mol. The predicted molar refractivity (Wildman–Crippen MR) is 226 cm³/mol. The molecule has 0 N–H and O–H groups in total. The summed E-state index contributed by atoms with van der Waals surface area (Å²) in [6.45, 7) is 20.2. The second kappa shape index (κ2) is 13.4. The first-order chi connectivity index (χ1) is 26.2. The number of benzene rings is 5. The maximum absolute atomic E-state index is 6.62. The summed E-state index contributed by atoms with van der Waals surface area (Å²) in [6, 6.07) is 43.4. The first kappa shape index (κ1) is 37.6. The van der Waals surface area contributed by atoms with Gasteiger partial charge in [-0.2, -0.15) is 11.2 Å². The van der Waals surface area contributed by atoms with E-state index in [1.807, 2.05) is 18.3 Å². The van der Waals surface area contributed by atoms with Crippen molar-refractivity contribution in [2.75, 3.05) is 0 Å². The Kier molecular flexibility index (Phi) is 9.01. The molecule has 0 saturated carbocycles. The molecule has 0 aliphatic heterocycles. The zero-order valence-electron chi connectivity index (χ0n) is 33.4. The number of ether oxygens (including phenoxy) is 1. The molecule has 4 aromatic heterocycles. The van der Waals surface area contributed by atoms with E-state index in [1.54, 1.807) is 0 Å². The fraction of sp³-hybridized carbons (Fsp3) is 0.245. The van der Waals surface area contributed by atoms with Crippen molar-refractivity contribution < 1.29 is 25.8 Å². The van der Waals surface area contributed by atoms with Gasteiger partial charge in [0.2, 0.25) is 0 Å². The van der Waals surface area contributed by atoms with Crippen LogP contribution in [0.3, 0.4) is 0 Å². The quantitative estimate of drug-likeness (QED) is 0.130. The molecule has 0 amide bonds. The molecule has 9 aromatic rings. The molecule has 0 radical (unpaired) electrons. The molecule has 0 aliphatic carbocycles. The molecule has 0 spiro atoms. The van der Waals surface area contributed by atoms with E-state index in [-0.39, 0.29) is 37.3 Å². The molecule has 5 aromatic carbocycles. The zero-order chi connectivity index (χ0) is 38.4. The molecule has 7 heteroatoms. The average Bonchev–Trinajstić information content (AvgIpc) is 3.74.